The lowest BCUT2D eigenvalue weighted by Gasteiger charge is -2.46. The summed E-state index contributed by atoms with van der Waals surface area (Å²) < 4.78 is 18.0. The Balaban J connectivity index is 1.24. The van der Waals surface area contributed by atoms with Crippen LogP contribution < -0.4 is 4.74 Å². The van der Waals surface area contributed by atoms with Crippen LogP contribution in [0, 0.1) is 6.92 Å². The Bertz CT molecular complexity index is 834. The fourth-order valence-electron chi connectivity index (χ4n) is 4.34. The third kappa shape index (κ3) is 5.18. The van der Waals surface area contributed by atoms with E-state index in [1.807, 2.05) is 48.2 Å². The predicted molar refractivity (Wildman–Crippen MR) is 114 cm³/mol. The molecule has 2 aliphatic rings. The number of carbonyl (C=O) groups excluding carboxylic acids is 1. The first kappa shape index (κ1) is 20.8. The molecule has 1 unspecified atom stereocenters. The van der Waals surface area contributed by atoms with Crippen molar-refractivity contribution in [1.82, 2.24) is 9.88 Å². The molecule has 2 aromatic rings. The Labute approximate surface area is 178 Å². The monoisotopic (exact) mass is 410 g/mol. The number of benzene rings is 1. The smallest absolute Gasteiger partial charge is 0.255 e. The number of ether oxygens (including phenoxy) is 3. The molecule has 1 spiro atoms. The maximum Gasteiger partial charge on any atom is 0.255 e. The lowest BCUT2D eigenvalue weighted by atomic mass is 9.83. The average Bonchev–Trinajstić information content (AvgIpc) is 2.78. The van der Waals surface area contributed by atoms with Crippen LogP contribution in [-0.4, -0.2) is 60.4 Å². The van der Waals surface area contributed by atoms with E-state index < -0.39 is 0 Å². The minimum absolute atomic E-state index is 0.0581. The van der Waals surface area contributed by atoms with Crippen molar-refractivity contribution in [3.8, 4) is 5.75 Å². The van der Waals surface area contributed by atoms with Gasteiger partial charge in [-0.15, -0.1) is 0 Å². The number of hydrogen-bond acceptors (Lipinski definition) is 5. The van der Waals surface area contributed by atoms with Gasteiger partial charge in [0.05, 0.1) is 23.9 Å². The first-order valence-corrected chi connectivity index (χ1v) is 10.8. The molecule has 2 fully saturated rings. The summed E-state index contributed by atoms with van der Waals surface area (Å²) in [5.41, 5.74) is 1.49. The lowest BCUT2D eigenvalue weighted by Crippen LogP contribution is -2.52. The van der Waals surface area contributed by atoms with Crippen molar-refractivity contribution in [1.29, 1.82) is 0 Å². The topological polar surface area (TPSA) is 60.9 Å². The number of aromatic nitrogens is 1. The van der Waals surface area contributed by atoms with Crippen molar-refractivity contribution in [2.45, 2.75) is 44.3 Å². The quantitative estimate of drug-likeness (QED) is 0.681. The zero-order valence-electron chi connectivity index (χ0n) is 17.6. The van der Waals surface area contributed by atoms with E-state index in [-0.39, 0.29) is 17.6 Å². The number of nitrogens with zero attached hydrogens (tertiary/aromatic N) is 2. The third-order valence-electron chi connectivity index (χ3n) is 5.98. The van der Waals surface area contributed by atoms with Crippen molar-refractivity contribution in [3.05, 3.63) is 59.9 Å². The number of piperidine rings is 1. The summed E-state index contributed by atoms with van der Waals surface area (Å²) in [5.74, 6) is 0.924. The van der Waals surface area contributed by atoms with Crippen LogP contribution >= 0.6 is 0 Å². The van der Waals surface area contributed by atoms with Crippen molar-refractivity contribution < 1.29 is 19.0 Å². The number of pyridine rings is 1. The molecule has 2 saturated heterocycles. The van der Waals surface area contributed by atoms with E-state index in [0.29, 0.717) is 38.5 Å². The normalized spacial score (nSPS) is 20.8. The predicted octanol–water partition coefficient (Wildman–Crippen LogP) is 3.64. The van der Waals surface area contributed by atoms with Crippen LogP contribution in [-0.2, 0) is 9.47 Å². The van der Waals surface area contributed by atoms with Crippen LogP contribution in [0.2, 0.25) is 0 Å². The van der Waals surface area contributed by atoms with Crippen LogP contribution in [0.15, 0.2) is 48.8 Å². The summed E-state index contributed by atoms with van der Waals surface area (Å²) in [6.45, 7) is 5.19. The Morgan fingerprint density at radius 3 is 2.77 bits per heavy atom. The summed E-state index contributed by atoms with van der Waals surface area (Å²) in [4.78, 5) is 18.9. The molecule has 6 heteroatoms. The molecule has 6 nitrogen and oxygen atoms in total. The average molecular weight is 411 g/mol. The Morgan fingerprint density at radius 2 is 2.00 bits per heavy atom. The van der Waals surface area contributed by atoms with Crippen molar-refractivity contribution in [2.24, 2.45) is 0 Å². The van der Waals surface area contributed by atoms with Gasteiger partial charge in [-0.25, -0.2) is 0 Å². The van der Waals surface area contributed by atoms with Crippen molar-refractivity contribution >= 4 is 5.91 Å². The van der Waals surface area contributed by atoms with E-state index in [1.54, 1.807) is 12.4 Å². The van der Waals surface area contributed by atoms with Gasteiger partial charge < -0.3 is 19.1 Å². The number of likely N-dealkylation sites (tertiary alicyclic amines) is 1. The molecule has 4 rings (SSSR count). The molecule has 0 saturated carbocycles. The van der Waals surface area contributed by atoms with Crippen molar-refractivity contribution in [3.63, 3.8) is 0 Å². The maximum absolute atomic E-state index is 12.8. The first-order valence-electron chi connectivity index (χ1n) is 10.8. The lowest BCUT2D eigenvalue weighted by molar-refractivity contribution is -0.153. The van der Waals surface area contributed by atoms with Crippen LogP contribution in [0.3, 0.4) is 0 Å². The Hall–Kier alpha value is -2.44. The van der Waals surface area contributed by atoms with Gasteiger partial charge in [0.1, 0.15) is 12.4 Å². The first-order chi connectivity index (χ1) is 14.6. The summed E-state index contributed by atoms with van der Waals surface area (Å²) in [6, 6.07) is 11.7. The van der Waals surface area contributed by atoms with E-state index in [1.165, 1.54) is 0 Å². The maximum atomic E-state index is 12.8. The van der Waals surface area contributed by atoms with Crippen LogP contribution in [0.5, 0.6) is 5.75 Å². The van der Waals surface area contributed by atoms with Gasteiger partial charge in [0.25, 0.3) is 5.91 Å². The van der Waals surface area contributed by atoms with E-state index in [0.717, 1.165) is 37.0 Å². The minimum atomic E-state index is -0.176. The molecule has 0 aliphatic carbocycles. The highest BCUT2D eigenvalue weighted by atomic mass is 16.5. The molecule has 1 atom stereocenters. The number of para-hydroxylation sites is 1. The summed E-state index contributed by atoms with van der Waals surface area (Å²) in [7, 11) is 0. The van der Waals surface area contributed by atoms with Gasteiger partial charge in [-0.1, -0.05) is 18.2 Å². The number of rotatable bonds is 6. The van der Waals surface area contributed by atoms with Gasteiger partial charge in [-0.2, -0.15) is 0 Å². The van der Waals surface area contributed by atoms with E-state index in [4.69, 9.17) is 14.2 Å². The highest BCUT2D eigenvalue weighted by Gasteiger charge is 2.41. The fourth-order valence-corrected chi connectivity index (χ4v) is 4.34. The van der Waals surface area contributed by atoms with Crippen LogP contribution in [0.1, 0.15) is 41.6 Å². The highest BCUT2D eigenvalue weighted by Crippen LogP contribution is 2.36. The molecule has 160 valence electrons. The standard InChI is InChI=1S/C24H30N2O4/c1-19-15-20(18-25-17-19)23(27)26-10-8-24(9-11-26)16-22(7-12-30-24)29-14-13-28-21-5-3-2-4-6-21/h2-6,15,17-18,22H,7-14,16H2,1H3. The number of amides is 1. The molecule has 1 aromatic heterocycles. The second-order valence-electron chi connectivity index (χ2n) is 8.22. The summed E-state index contributed by atoms with van der Waals surface area (Å²) in [6.07, 6.45) is 7.08. The fraction of sp³-hybridized carbons (Fsp3) is 0.500. The van der Waals surface area contributed by atoms with Gasteiger partial charge in [-0.05, 0) is 49.9 Å². The summed E-state index contributed by atoms with van der Waals surface area (Å²) in [5, 5.41) is 0. The molecule has 1 amide bonds. The molecule has 0 N–H and O–H groups in total. The summed E-state index contributed by atoms with van der Waals surface area (Å²) >= 11 is 0. The van der Waals surface area contributed by atoms with E-state index >= 15 is 0 Å². The highest BCUT2D eigenvalue weighted by molar-refractivity contribution is 5.94. The number of aryl methyl sites for hydroxylation is 1. The van der Waals surface area contributed by atoms with E-state index in [9.17, 15) is 4.79 Å². The number of carbonyl (C=O) groups is 1. The molecular formula is C24H30N2O4. The van der Waals surface area contributed by atoms with Gasteiger partial charge in [0.15, 0.2) is 0 Å². The zero-order chi connectivity index (χ0) is 20.8. The molecule has 0 bridgehead atoms. The van der Waals surface area contributed by atoms with Crippen LogP contribution in [0.25, 0.3) is 0 Å². The molecule has 0 radical (unpaired) electrons. The third-order valence-corrected chi connectivity index (χ3v) is 5.98. The second-order valence-corrected chi connectivity index (χ2v) is 8.22. The van der Waals surface area contributed by atoms with Crippen LogP contribution in [0.4, 0.5) is 0 Å². The molecule has 1 aromatic carbocycles. The van der Waals surface area contributed by atoms with Gasteiger partial charge in [0, 0.05) is 38.5 Å². The van der Waals surface area contributed by atoms with Gasteiger partial charge in [0.2, 0.25) is 0 Å². The number of hydrogen-bond donors (Lipinski definition) is 0. The van der Waals surface area contributed by atoms with Gasteiger partial charge in [-0.3, -0.25) is 9.78 Å². The molecule has 3 heterocycles. The molecular weight excluding hydrogens is 380 g/mol. The van der Waals surface area contributed by atoms with E-state index in [2.05, 4.69) is 4.98 Å². The SMILES string of the molecule is Cc1cncc(C(=O)N2CCC3(CC2)CC(OCCOc2ccccc2)CCO3)c1. The Kier molecular flexibility index (Phi) is 6.65. The van der Waals surface area contributed by atoms with Gasteiger partial charge >= 0.3 is 0 Å². The van der Waals surface area contributed by atoms with Crippen molar-refractivity contribution in [2.75, 3.05) is 32.9 Å². The second kappa shape index (κ2) is 9.58. The zero-order valence-corrected chi connectivity index (χ0v) is 17.6. The largest absolute Gasteiger partial charge is 0.491 e. The molecule has 30 heavy (non-hydrogen) atoms. The minimum Gasteiger partial charge on any atom is -0.491 e. The molecule has 2 aliphatic heterocycles. The Morgan fingerprint density at radius 1 is 1.20 bits per heavy atom.